The van der Waals surface area contributed by atoms with Crippen LogP contribution in [0.25, 0.3) is 0 Å². The normalized spacial score (nSPS) is 11.3. The lowest BCUT2D eigenvalue weighted by Gasteiger charge is -2.08. The standard InChI is InChI=1S/C11H11FN4O3S/c12-9-3-2-8(20(13,18)19)6-10(9)15-11(17)7-16-5-1-4-14-16/h1-6H,7H2,(H,15,17)(H2,13,18,19). The number of carbonyl (C=O) groups excluding carboxylic acids is 1. The Bertz CT molecular complexity index is 728. The van der Waals surface area contributed by atoms with Crippen molar-refractivity contribution in [2.24, 2.45) is 5.14 Å². The number of nitrogens with zero attached hydrogens (tertiary/aromatic N) is 2. The molecule has 9 heteroatoms. The van der Waals surface area contributed by atoms with Crippen LogP contribution in [0.4, 0.5) is 10.1 Å². The minimum absolute atomic E-state index is 0.119. The summed E-state index contributed by atoms with van der Waals surface area (Å²) in [6.45, 7) is -0.119. The van der Waals surface area contributed by atoms with Crippen molar-refractivity contribution < 1.29 is 17.6 Å². The number of anilines is 1. The molecule has 106 valence electrons. The number of amides is 1. The summed E-state index contributed by atoms with van der Waals surface area (Å²) < 4.78 is 37.2. The quantitative estimate of drug-likeness (QED) is 0.846. The molecule has 1 amide bonds. The Labute approximate surface area is 114 Å². The molecule has 0 saturated heterocycles. The molecule has 0 saturated carbocycles. The average Bonchev–Trinajstić information content (AvgIpc) is 2.83. The van der Waals surface area contributed by atoms with Crippen LogP contribution in [0.2, 0.25) is 0 Å². The van der Waals surface area contributed by atoms with Crippen molar-refractivity contribution in [1.29, 1.82) is 0 Å². The number of halogens is 1. The third-order valence-electron chi connectivity index (χ3n) is 2.41. The van der Waals surface area contributed by atoms with E-state index in [1.807, 2.05) is 0 Å². The van der Waals surface area contributed by atoms with Crippen molar-refractivity contribution >= 4 is 21.6 Å². The molecule has 0 fully saturated rings. The Morgan fingerprint density at radius 2 is 2.20 bits per heavy atom. The molecule has 0 aliphatic rings. The van der Waals surface area contributed by atoms with Gasteiger partial charge in [-0.1, -0.05) is 0 Å². The van der Waals surface area contributed by atoms with Crippen molar-refractivity contribution in [2.75, 3.05) is 5.32 Å². The molecule has 2 aromatic rings. The third-order valence-corrected chi connectivity index (χ3v) is 3.32. The van der Waals surface area contributed by atoms with Gasteiger partial charge in [0.1, 0.15) is 12.4 Å². The monoisotopic (exact) mass is 298 g/mol. The van der Waals surface area contributed by atoms with E-state index in [4.69, 9.17) is 5.14 Å². The number of rotatable bonds is 4. The number of benzene rings is 1. The van der Waals surface area contributed by atoms with Crippen molar-refractivity contribution in [3.8, 4) is 0 Å². The van der Waals surface area contributed by atoms with Crippen LogP contribution in [0.15, 0.2) is 41.6 Å². The summed E-state index contributed by atoms with van der Waals surface area (Å²) in [6.07, 6.45) is 3.06. The fourth-order valence-corrected chi connectivity index (χ4v) is 2.05. The maximum atomic E-state index is 13.5. The molecule has 3 N–H and O–H groups in total. The van der Waals surface area contributed by atoms with Gasteiger partial charge in [0.2, 0.25) is 15.9 Å². The van der Waals surface area contributed by atoms with Crippen molar-refractivity contribution in [3.05, 3.63) is 42.5 Å². The van der Waals surface area contributed by atoms with Crippen molar-refractivity contribution in [1.82, 2.24) is 9.78 Å². The number of primary sulfonamides is 1. The molecule has 1 heterocycles. The molecule has 2 rings (SSSR count). The number of sulfonamides is 1. The van der Waals surface area contributed by atoms with Crippen LogP contribution in [-0.2, 0) is 21.4 Å². The highest BCUT2D eigenvalue weighted by molar-refractivity contribution is 7.89. The summed E-state index contributed by atoms with van der Waals surface area (Å²) >= 11 is 0. The average molecular weight is 298 g/mol. The number of hydrogen-bond acceptors (Lipinski definition) is 4. The molecule has 0 aliphatic carbocycles. The molecule has 0 spiro atoms. The smallest absolute Gasteiger partial charge is 0.246 e. The fraction of sp³-hybridized carbons (Fsp3) is 0.0909. The predicted octanol–water partition coefficient (Wildman–Crippen LogP) is 0.308. The number of nitrogens with two attached hydrogens (primary N) is 1. The minimum atomic E-state index is -3.96. The second kappa shape index (κ2) is 5.39. The van der Waals surface area contributed by atoms with Gasteiger partial charge in [-0.2, -0.15) is 5.10 Å². The van der Waals surface area contributed by atoms with Crippen molar-refractivity contribution in [3.63, 3.8) is 0 Å². The Morgan fingerprint density at radius 1 is 1.45 bits per heavy atom. The van der Waals surface area contributed by atoms with Gasteiger partial charge >= 0.3 is 0 Å². The van der Waals surface area contributed by atoms with E-state index in [-0.39, 0.29) is 17.1 Å². The molecule has 1 aromatic carbocycles. The highest BCUT2D eigenvalue weighted by Gasteiger charge is 2.13. The SMILES string of the molecule is NS(=O)(=O)c1ccc(F)c(NC(=O)Cn2cccn2)c1. The Kier molecular flexibility index (Phi) is 3.81. The fourth-order valence-electron chi connectivity index (χ4n) is 1.51. The van der Waals surface area contributed by atoms with E-state index in [0.717, 1.165) is 18.2 Å². The minimum Gasteiger partial charge on any atom is -0.322 e. The predicted molar refractivity (Wildman–Crippen MR) is 68.6 cm³/mol. The number of aromatic nitrogens is 2. The van der Waals surface area contributed by atoms with Gasteiger partial charge in [-0.05, 0) is 24.3 Å². The lowest BCUT2D eigenvalue weighted by Crippen LogP contribution is -2.20. The largest absolute Gasteiger partial charge is 0.322 e. The van der Waals surface area contributed by atoms with Crippen LogP contribution in [0, 0.1) is 5.82 Å². The topological polar surface area (TPSA) is 107 Å². The maximum Gasteiger partial charge on any atom is 0.246 e. The lowest BCUT2D eigenvalue weighted by atomic mass is 10.3. The summed E-state index contributed by atoms with van der Waals surface area (Å²) in [6, 6.07) is 4.54. The lowest BCUT2D eigenvalue weighted by molar-refractivity contribution is -0.116. The van der Waals surface area contributed by atoms with Crippen LogP contribution >= 0.6 is 0 Å². The van der Waals surface area contributed by atoms with E-state index in [1.54, 1.807) is 12.3 Å². The summed E-state index contributed by atoms with van der Waals surface area (Å²) in [7, 11) is -3.96. The van der Waals surface area contributed by atoms with E-state index in [1.165, 1.54) is 10.9 Å². The van der Waals surface area contributed by atoms with E-state index >= 15 is 0 Å². The van der Waals surface area contributed by atoms with E-state index in [0.29, 0.717) is 0 Å². The molecule has 7 nitrogen and oxygen atoms in total. The Hall–Kier alpha value is -2.26. The molecule has 20 heavy (non-hydrogen) atoms. The zero-order valence-electron chi connectivity index (χ0n) is 10.2. The zero-order valence-corrected chi connectivity index (χ0v) is 11.0. The first-order chi connectivity index (χ1) is 9.36. The summed E-state index contributed by atoms with van der Waals surface area (Å²) in [5.41, 5.74) is -0.256. The van der Waals surface area contributed by atoms with Gasteiger partial charge in [-0.25, -0.2) is 17.9 Å². The number of nitrogens with one attached hydrogen (secondary N) is 1. The highest BCUT2D eigenvalue weighted by Crippen LogP contribution is 2.18. The van der Waals surface area contributed by atoms with Gasteiger partial charge in [0, 0.05) is 12.4 Å². The summed E-state index contributed by atoms with van der Waals surface area (Å²) in [5, 5.41) is 11.0. The second-order valence-corrected chi connectivity index (χ2v) is 5.50. The molecule has 0 unspecified atom stereocenters. The van der Waals surface area contributed by atoms with Crippen LogP contribution < -0.4 is 10.5 Å². The van der Waals surface area contributed by atoms with Crippen LogP contribution in [0.3, 0.4) is 0 Å². The molecular formula is C11H11FN4O3S. The Balaban J connectivity index is 2.18. The van der Waals surface area contributed by atoms with Crippen LogP contribution in [0.5, 0.6) is 0 Å². The van der Waals surface area contributed by atoms with Gasteiger partial charge in [0.25, 0.3) is 0 Å². The van der Waals surface area contributed by atoms with Gasteiger partial charge in [0.15, 0.2) is 0 Å². The Morgan fingerprint density at radius 3 is 2.80 bits per heavy atom. The molecule has 0 aliphatic heterocycles. The van der Waals surface area contributed by atoms with Gasteiger partial charge in [0.05, 0.1) is 10.6 Å². The van der Waals surface area contributed by atoms with E-state index < -0.39 is 21.7 Å². The third kappa shape index (κ3) is 3.39. The molecule has 0 bridgehead atoms. The van der Waals surface area contributed by atoms with E-state index in [9.17, 15) is 17.6 Å². The molecule has 0 atom stereocenters. The van der Waals surface area contributed by atoms with Gasteiger partial charge < -0.3 is 5.32 Å². The molecule has 0 radical (unpaired) electrons. The number of hydrogen-bond donors (Lipinski definition) is 2. The zero-order chi connectivity index (χ0) is 14.8. The maximum absolute atomic E-state index is 13.5. The highest BCUT2D eigenvalue weighted by atomic mass is 32.2. The first kappa shape index (κ1) is 14.2. The van der Waals surface area contributed by atoms with Gasteiger partial charge in [-0.3, -0.25) is 9.48 Å². The van der Waals surface area contributed by atoms with Crippen LogP contribution in [0.1, 0.15) is 0 Å². The summed E-state index contributed by atoms with van der Waals surface area (Å²) in [4.78, 5) is 11.4. The molecular weight excluding hydrogens is 287 g/mol. The van der Waals surface area contributed by atoms with Crippen LogP contribution in [-0.4, -0.2) is 24.1 Å². The molecule has 1 aromatic heterocycles. The van der Waals surface area contributed by atoms with E-state index in [2.05, 4.69) is 10.4 Å². The first-order valence-corrected chi connectivity index (χ1v) is 7.00. The second-order valence-electron chi connectivity index (χ2n) is 3.94. The number of carbonyl (C=O) groups is 1. The van der Waals surface area contributed by atoms with Crippen molar-refractivity contribution in [2.45, 2.75) is 11.4 Å². The first-order valence-electron chi connectivity index (χ1n) is 5.46. The van der Waals surface area contributed by atoms with Gasteiger partial charge in [-0.15, -0.1) is 0 Å². The summed E-state index contributed by atoms with van der Waals surface area (Å²) in [5.74, 6) is -1.30.